The van der Waals surface area contributed by atoms with Gasteiger partial charge in [-0.05, 0) is 43.3 Å². The Morgan fingerprint density at radius 2 is 1.89 bits per heavy atom. The Morgan fingerprint density at radius 3 is 2.54 bits per heavy atom. The summed E-state index contributed by atoms with van der Waals surface area (Å²) in [6.07, 6.45) is 1.17. The van der Waals surface area contributed by atoms with Gasteiger partial charge in [-0.25, -0.2) is 22.3 Å². The summed E-state index contributed by atoms with van der Waals surface area (Å²) in [5.41, 5.74) is 0.322. The van der Waals surface area contributed by atoms with Gasteiger partial charge in [0.05, 0.1) is 18.5 Å². The summed E-state index contributed by atoms with van der Waals surface area (Å²) in [4.78, 5) is 11.7. The Labute approximate surface area is 165 Å². The topological polar surface area (TPSA) is 90.3 Å². The van der Waals surface area contributed by atoms with Crippen LogP contribution in [0, 0.1) is 5.82 Å². The second-order valence-corrected chi connectivity index (χ2v) is 7.64. The maximum atomic E-state index is 14.0. The summed E-state index contributed by atoms with van der Waals surface area (Å²) in [6, 6.07) is 11.2. The zero-order chi connectivity index (χ0) is 20.3. The first-order valence-electron chi connectivity index (χ1n) is 8.12. The standard InChI is InChI=1S/C18H15ClFN3O4S/c1-2-27-18(24)14-11-21-23(13-9-7-12(19)8-10-13)17(14)22-28(25,26)16-6-4-3-5-15(16)20/h3-11,22H,2H2,1H3. The Balaban J connectivity index is 2.11. The first-order valence-corrected chi connectivity index (χ1v) is 9.98. The molecule has 146 valence electrons. The Hall–Kier alpha value is -2.91. The van der Waals surface area contributed by atoms with E-state index in [4.69, 9.17) is 16.3 Å². The van der Waals surface area contributed by atoms with Crippen molar-refractivity contribution in [3.8, 4) is 5.69 Å². The molecule has 0 bridgehead atoms. The van der Waals surface area contributed by atoms with Crippen LogP contribution in [0.2, 0.25) is 5.02 Å². The number of aromatic nitrogens is 2. The maximum Gasteiger partial charge on any atom is 0.343 e. The average molecular weight is 424 g/mol. The zero-order valence-electron chi connectivity index (χ0n) is 14.6. The van der Waals surface area contributed by atoms with Crippen molar-refractivity contribution in [3.63, 3.8) is 0 Å². The van der Waals surface area contributed by atoms with E-state index in [-0.39, 0.29) is 18.0 Å². The quantitative estimate of drug-likeness (QED) is 0.611. The molecule has 28 heavy (non-hydrogen) atoms. The fraction of sp³-hybridized carbons (Fsp3) is 0.111. The Morgan fingerprint density at radius 1 is 1.21 bits per heavy atom. The minimum Gasteiger partial charge on any atom is -0.462 e. The fourth-order valence-corrected chi connectivity index (χ4v) is 3.70. The predicted molar refractivity (Wildman–Crippen MR) is 102 cm³/mol. The molecule has 0 unspecified atom stereocenters. The molecule has 2 aromatic carbocycles. The van der Waals surface area contributed by atoms with E-state index in [1.54, 1.807) is 31.2 Å². The number of halogens is 2. The lowest BCUT2D eigenvalue weighted by atomic mass is 10.3. The maximum absolute atomic E-state index is 14.0. The molecule has 3 aromatic rings. The lowest BCUT2D eigenvalue weighted by Crippen LogP contribution is -2.19. The monoisotopic (exact) mass is 423 g/mol. The van der Waals surface area contributed by atoms with E-state index < -0.39 is 26.7 Å². The molecule has 1 N–H and O–H groups in total. The third-order valence-corrected chi connectivity index (χ3v) is 5.32. The van der Waals surface area contributed by atoms with Crippen molar-refractivity contribution in [2.45, 2.75) is 11.8 Å². The van der Waals surface area contributed by atoms with Gasteiger partial charge in [-0.1, -0.05) is 23.7 Å². The highest BCUT2D eigenvalue weighted by molar-refractivity contribution is 7.92. The number of nitrogens with one attached hydrogen (secondary N) is 1. The van der Waals surface area contributed by atoms with Crippen molar-refractivity contribution < 1.29 is 22.3 Å². The van der Waals surface area contributed by atoms with Crippen LogP contribution >= 0.6 is 11.6 Å². The van der Waals surface area contributed by atoms with Crippen molar-refractivity contribution in [2.75, 3.05) is 11.3 Å². The van der Waals surface area contributed by atoms with Gasteiger partial charge in [0.15, 0.2) is 5.82 Å². The highest BCUT2D eigenvalue weighted by Gasteiger charge is 2.26. The van der Waals surface area contributed by atoms with E-state index in [2.05, 4.69) is 9.82 Å². The average Bonchev–Trinajstić information content (AvgIpc) is 3.05. The normalized spacial score (nSPS) is 11.2. The highest BCUT2D eigenvalue weighted by Crippen LogP contribution is 2.26. The van der Waals surface area contributed by atoms with Crippen LogP contribution in [0.15, 0.2) is 59.6 Å². The smallest absolute Gasteiger partial charge is 0.343 e. The van der Waals surface area contributed by atoms with Gasteiger partial charge in [-0.2, -0.15) is 5.10 Å². The van der Waals surface area contributed by atoms with Crippen LogP contribution in [0.25, 0.3) is 5.69 Å². The van der Waals surface area contributed by atoms with E-state index in [1.165, 1.54) is 23.0 Å². The number of ether oxygens (including phenoxy) is 1. The summed E-state index contributed by atoms with van der Waals surface area (Å²) < 4.78 is 47.9. The van der Waals surface area contributed by atoms with Crippen LogP contribution in [0.4, 0.5) is 10.2 Å². The lowest BCUT2D eigenvalue weighted by molar-refractivity contribution is 0.0527. The molecule has 0 atom stereocenters. The number of nitrogens with zero attached hydrogens (tertiary/aromatic N) is 2. The lowest BCUT2D eigenvalue weighted by Gasteiger charge is -2.13. The molecule has 1 aromatic heterocycles. The van der Waals surface area contributed by atoms with Crippen LogP contribution in [0.5, 0.6) is 0 Å². The molecular weight excluding hydrogens is 409 g/mol. The van der Waals surface area contributed by atoms with E-state index >= 15 is 0 Å². The van der Waals surface area contributed by atoms with Crippen molar-refractivity contribution >= 4 is 33.4 Å². The third kappa shape index (κ3) is 4.00. The summed E-state index contributed by atoms with van der Waals surface area (Å²) in [5.74, 6) is -1.87. The Bertz CT molecular complexity index is 1110. The van der Waals surface area contributed by atoms with Gasteiger partial charge in [-0.3, -0.25) is 4.72 Å². The third-order valence-electron chi connectivity index (χ3n) is 3.69. The molecule has 0 fully saturated rings. The van der Waals surface area contributed by atoms with Gasteiger partial charge in [0.1, 0.15) is 16.3 Å². The van der Waals surface area contributed by atoms with Gasteiger partial charge in [-0.15, -0.1) is 0 Å². The molecule has 10 heteroatoms. The number of hydrogen-bond acceptors (Lipinski definition) is 5. The Kier molecular flexibility index (Phi) is 5.66. The summed E-state index contributed by atoms with van der Waals surface area (Å²) in [5, 5.41) is 4.54. The van der Waals surface area contributed by atoms with Crippen molar-refractivity contribution in [1.82, 2.24) is 9.78 Å². The molecule has 1 heterocycles. The van der Waals surface area contributed by atoms with E-state index in [9.17, 15) is 17.6 Å². The molecule has 3 rings (SSSR count). The molecule has 0 aliphatic rings. The van der Waals surface area contributed by atoms with E-state index in [0.717, 1.165) is 12.1 Å². The molecule has 0 saturated heterocycles. The van der Waals surface area contributed by atoms with Gasteiger partial charge in [0, 0.05) is 5.02 Å². The minimum absolute atomic E-state index is 0.0878. The van der Waals surface area contributed by atoms with Crippen LogP contribution in [0.3, 0.4) is 0 Å². The molecule has 0 aliphatic heterocycles. The summed E-state index contributed by atoms with van der Waals surface area (Å²) in [7, 11) is -4.34. The second kappa shape index (κ2) is 7.99. The first kappa shape index (κ1) is 19.8. The minimum atomic E-state index is -4.34. The molecule has 0 aliphatic carbocycles. The van der Waals surface area contributed by atoms with Gasteiger partial charge in [0.25, 0.3) is 10.0 Å². The summed E-state index contributed by atoms with van der Waals surface area (Å²) in [6.45, 7) is 1.70. The van der Waals surface area contributed by atoms with Crippen LogP contribution < -0.4 is 4.72 Å². The van der Waals surface area contributed by atoms with Gasteiger partial charge >= 0.3 is 5.97 Å². The number of carbonyl (C=O) groups excluding carboxylic acids is 1. The highest BCUT2D eigenvalue weighted by atomic mass is 35.5. The van der Waals surface area contributed by atoms with Gasteiger partial charge < -0.3 is 4.74 Å². The molecular formula is C18H15ClFN3O4S. The molecule has 0 radical (unpaired) electrons. The van der Waals surface area contributed by atoms with Crippen LogP contribution in [0.1, 0.15) is 17.3 Å². The molecule has 7 nitrogen and oxygen atoms in total. The van der Waals surface area contributed by atoms with E-state index in [0.29, 0.717) is 10.7 Å². The van der Waals surface area contributed by atoms with Gasteiger partial charge in [0.2, 0.25) is 0 Å². The van der Waals surface area contributed by atoms with Crippen molar-refractivity contribution in [3.05, 3.63) is 71.1 Å². The number of hydrogen-bond donors (Lipinski definition) is 1. The number of sulfonamides is 1. The van der Waals surface area contributed by atoms with E-state index in [1.807, 2.05) is 0 Å². The largest absolute Gasteiger partial charge is 0.462 e. The van der Waals surface area contributed by atoms with Crippen molar-refractivity contribution in [1.29, 1.82) is 0 Å². The predicted octanol–water partition coefficient (Wildman–Crippen LogP) is 3.64. The molecule has 0 saturated carbocycles. The number of rotatable bonds is 6. The number of esters is 1. The van der Waals surface area contributed by atoms with Crippen LogP contribution in [-0.2, 0) is 14.8 Å². The number of anilines is 1. The zero-order valence-corrected chi connectivity index (χ0v) is 16.2. The first-order chi connectivity index (χ1) is 13.3. The molecule has 0 spiro atoms. The number of benzene rings is 2. The fourth-order valence-electron chi connectivity index (χ4n) is 2.43. The van der Waals surface area contributed by atoms with Crippen LogP contribution in [-0.4, -0.2) is 30.8 Å². The molecule has 0 amide bonds. The SMILES string of the molecule is CCOC(=O)c1cnn(-c2ccc(Cl)cc2)c1NS(=O)(=O)c1ccccc1F. The summed E-state index contributed by atoms with van der Waals surface area (Å²) >= 11 is 5.88. The van der Waals surface area contributed by atoms with Crippen molar-refractivity contribution in [2.24, 2.45) is 0 Å². The number of carbonyl (C=O) groups is 1. The second-order valence-electron chi connectivity index (χ2n) is 5.55.